The quantitative estimate of drug-likeness (QED) is 0.192. The Morgan fingerprint density at radius 2 is 1.11 bits per heavy atom. The SMILES string of the molecule is CCCCc1ccc2sc3cc4cc5cc(CCCC)c(CCCC)cc5cc4cc3c(=O)c2c1. The number of fused-ring (bicyclic) bond motifs is 4. The summed E-state index contributed by atoms with van der Waals surface area (Å²) in [4.78, 5) is 13.5. The Labute approximate surface area is 212 Å². The van der Waals surface area contributed by atoms with Gasteiger partial charge in [-0.2, -0.15) is 0 Å². The first-order valence-corrected chi connectivity index (χ1v) is 14.3. The fourth-order valence-electron chi connectivity index (χ4n) is 5.28. The van der Waals surface area contributed by atoms with Gasteiger partial charge < -0.3 is 0 Å². The van der Waals surface area contributed by atoms with E-state index in [4.69, 9.17) is 0 Å². The molecule has 0 amide bonds. The summed E-state index contributed by atoms with van der Waals surface area (Å²) >= 11 is 1.74. The Bertz CT molecular complexity index is 1570. The van der Waals surface area contributed by atoms with Crippen LogP contribution < -0.4 is 5.43 Å². The van der Waals surface area contributed by atoms with Crippen LogP contribution in [0.5, 0.6) is 0 Å². The Morgan fingerprint density at radius 1 is 0.571 bits per heavy atom. The van der Waals surface area contributed by atoms with Gasteiger partial charge in [-0.15, -0.1) is 11.3 Å². The van der Waals surface area contributed by atoms with Crippen molar-refractivity contribution in [1.82, 2.24) is 0 Å². The highest BCUT2D eigenvalue weighted by Gasteiger charge is 2.11. The predicted octanol–water partition coefficient (Wildman–Crippen LogP) is 9.75. The zero-order valence-corrected chi connectivity index (χ0v) is 22.2. The van der Waals surface area contributed by atoms with E-state index in [-0.39, 0.29) is 5.43 Å². The minimum atomic E-state index is 0.174. The second-order valence-electron chi connectivity index (χ2n) is 10.1. The molecule has 35 heavy (non-hydrogen) atoms. The topological polar surface area (TPSA) is 17.1 Å². The van der Waals surface area contributed by atoms with Crippen molar-refractivity contribution >= 4 is 53.1 Å². The van der Waals surface area contributed by atoms with Crippen LogP contribution in [0.1, 0.15) is 76.0 Å². The molecule has 0 N–H and O–H groups in total. The van der Waals surface area contributed by atoms with Crippen LogP contribution in [0.3, 0.4) is 0 Å². The van der Waals surface area contributed by atoms with Crippen molar-refractivity contribution in [2.45, 2.75) is 78.6 Å². The first kappa shape index (κ1) is 24.0. The molecule has 0 atom stereocenters. The minimum Gasteiger partial charge on any atom is -0.289 e. The van der Waals surface area contributed by atoms with Crippen molar-refractivity contribution in [1.29, 1.82) is 0 Å². The maximum atomic E-state index is 13.5. The van der Waals surface area contributed by atoms with Crippen molar-refractivity contribution in [3.8, 4) is 0 Å². The maximum Gasteiger partial charge on any atom is 0.195 e. The molecule has 180 valence electrons. The summed E-state index contributed by atoms with van der Waals surface area (Å²) in [7, 11) is 0. The third-order valence-corrected chi connectivity index (χ3v) is 8.52. The highest BCUT2D eigenvalue weighted by Crippen LogP contribution is 2.33. The molecule has 5 aromatic rings. The fraction of sp³-hybridized carbons (Fsp3) is 0.364. The van der Waals surface area contributed by atoms with E-state index in [1.807, 2.05) is 0 Å². The number of hydrogen-bond acceptors (Lipinski definition) is 2. The van der Waals surface area contributed by atoms with E-state index in [1.165, 1.54) is 70.3 Å². The molecule has 0 aliphatic carbocycles. The van der Waals surface area contributed by atoms with E-state index >= 15 is 0 Å². The lowest BCUT2D eigenvalue weighted by Gasteiger charge is -2.13. The molecule has 0 saturated carbocycles. The van der Waals surface area contributed by atoms with Gasteiger partial charge in [-0.25, -0.2) is 0 Å². The summed E-state index contributed by atoms with van der Waals surface area (Å²) in [6.45, 7) is 6.75. The summed E-state index contributed by atoms with van der Waals surface area (Å²) in [5, 5.41) is 6.73. The second kappa shape index (κ2) is 10.5. The standard InChI is InChI=1S/C33H36OS/c1-4-7-10-22-13-14-31-29(15-22)33(34)30-20-27-18-25-16-23(11-8-5-2)24(12-9-6-3)17-26(25)19-28(27)21-32(30)35-31/h13-21H,4-12H2,1-3H3. The monoisotopic (exact) mass is 480 g/mol. The van der Waals surface area contributed by atoms with E-state index in [0.29, 0.717) is 0 Å². The molecule has 0 saturated heterocycles. The number of aryl methyl sites for hydroxylation is 3. The normalized spacial score (nSPS) is 11.9. The lowest BCUT2D eigenvalue weighted by Crippen LogP contribution is -2.02. The predicted molar refractivity (Wildman–Crippen MR) is 156 cm³/mol. The van der Waals surface area contributed by atoms with Crippen molar-refractivity contribution < 1.29 is 0 Å². The van der Waals surface area contributed by atoms with Crippen LogP contribution in [0.2, 0.25) is 0 Å². The zero-order valence-electron chi connectivity index (χ0n) is 21.4. The molecule has 1 heterocycles. The summed E-state index contributed by atoms with van der Waals surface area (Å²) in [5.41, 5.74) is 4.47. The largest absolute Gasteiger partial charge is 0.289 e. The Morgan fingerprint density at radius 3 is 1.74 bits per heavy atom. The Kier molecular flexibility index (Phi) is 7.20. The Balaban J connectivity index is 1.67. The minimum absolute atomic E-state index is 0.174. The van der Waals surface area contributed by atoms with Gasteiger partial charge in [0.05, 0.1) is 0 Å². The van der Waals surface area contributed by atoms with E-state index in [2.05, 4.69) is 75.4 Å². The smallest absolute Gasteiger partial charge is 0.195 e. The molecule has 0 fully saturated rings. The molecule has 0 spiro atoms. The van der Waals surface area contributed by atoms with Gasteiger partial charge in [0, 0.05) is 20.2 Å². The van der Waals surface area contributed by atoms with Crippen LogP contribution in [0.4, 0.5) is 0 Å². The highest BCUT2D eigenvalue weighted by molar-refractivity contribution is 7.24. The molecule has 0 unspecified atom stereocenters. The molecular formula is C33H36OS. The van der Waals surface area contributed by atoms with E-state index in [0.717, 1.165) is 45.9 Å². The van der Waals surface area contributed by atoms with Gasteiger partial charge in [-0.3, -0.25) is 4.79 Å². The van der Waals surface area contributed by atoms with Crippen LogP contribution in [-0.4, -0.2) is 0 Å². The molecule has 0 aliphatic rings. The molecule has 1 nitrogen and oxygen atoms in total. The third kappa shape index (κ3) is 4.86. The number of benzene rings is 4. The molecule has 4 aromatic carbocycles. The van der Waals surface area contributed by atoms with Crippen LogP contribution in [0, 0.1) is 0 Å². The van der Waals surface area contributed by atoms with Crippen LogP contribution in [-0.2, 0) is 19.3 Å². The molecule has 5 rings (SSSR count). The second-order valence-corrected chi connectivity index (χ2v) is 11.2. The first-order valence-electron chi connectivity index (χ1n) is 13.5. The number of hydrogen-bond donors (Lipinski definition) is 0. The summed E-state index contributed by atoms with van der Waals surface area (Å²) < 4.78 is 2.17. The van der Waals surface area contributed by atoms with Crippen molar-refractivity contribution in [3.05, 3.63) is 81.5 Å². The first-order chi connectivity index (χ1) is 17.1. The third-order valence-electron chi connectivity index (χ3n) is 7.38. The molecule has 1 aromatic heterocycles. The van der Waals surface area contributed by atoms with Crippen molar-refractivity contribution in [2.75, 3.05) is 0 Å². The van der Waals surface area contributed by atoms with Crippen LogP contribution in [0.15, 0.2) is 59.4 Å². The molecule has 0 radical (unpaired) electrons. The van der Waals surface area contributed by atoms with Crippen molar-refractivity contribution in [2.24, 2.45) is 0 Å². The molecular weight excluding hydrogens is 444 g/mol. The van der Waals surface area contributed by atoms with Crippen LogP contribution in [0.25, 0.3) is 41.7 Å². The lowest BCUT2D eigenvalue weighted by atomic mass is 9.92. The maximum absolute atomic E-state index is 13.5. The average Bonchev–Trinajstić information content (AvgIpc) is 2.87. The number of rotatable bonds is 9. The zero-order chi connectivity index (χ0) is 24.4. The highest BCUT2D eigenvalue weighted by atomic mass is 32.1. The van der Waals surface area contributed by atoms with Gasteiger partial charge in [0.15, 0.2) is 5.43 Å². The van der Waals surface area contributed by atoms with E-state index < -0.39 is 0 Å². The van der Waals surface area contributed by atoms with Gasteiger partial charge in [-0.05, 0) is 113 Å². The van der Waals surface area contributed by atoms with E-state index in [1.54, 1.807) is 11.3 Å². The van der Waals surface area contributed by atoms with Gasteiger partial charge in [0.1, 0.15) is 0 Å². The lowest BCUT2D eigenvalue weighted by molar-refractivity contribution is 0.759. The average molecular weight is 481 g/mol. The van der Waals surface area contributed by atoms with Crippen LogP contribution >= 0.6 is 11.3 Å². The van der Waals surface area contributed by atoms with Gasteiger partial charge >= 0.3 is 0 Å². The fourth-order valence-corrected chi connectivity index (χ4v) is 6.36. The van der Waals surface area contributed by atoms with Crippen molar-refractivity contribution in [3.63, 3.8) is 0 Å². The molecule has 0 aliphatic heterocycles. The summed E-state index contributed by atoms with van der Waals surface area (Å²) in [6.07, 6.45) is 10.6. The summed E-state index contributed by atoms with van der Waals surface area (Å²) in [6, 6.07) is 20.3. The van der Waals surface area contributed by atoms with Gasteiger partial charge in [0.25, 0.3) is 0 Å². The van der Waals surface area contributed by atoms with Gasteiger partial charge in [-0.1, -0.05) is 58.2 Å². The Hall–Kier alpha value is -2.71. The van der Waals surface area contributed by atoms with Gasteiger partial charge in [0.2, 0.25) is 0 Å². The van der Waals surface area contributed by atoms with E-state index in [9.17, 15) is 4.79 Å². The molecule has 2 heteroatoms. The molecule has 0 bridgehead atoms. The summed E-state index contributed by atoms with van der Waals surface area (Å²) in [5.74, 6) is 0. The number of unbranched alkanes of at least 4 members (excludes halogenated alkanes) is 3.